The van der Waals surface area contributed by atoms with Gasteiger partial charge in [0.25, 0.3) is 0 Å². The first-order chi connectivity index (χ1) is 10.3. The Balaban J connectivity index is 1.86. The average molecular weight is 291 g/mol. The van der Waals surface area contributed by atoms with E-state index in [2.05, 4.69) is 31.3 Å². The van der Waals surface area contributed by atoms with Gasteiger partial charge in [-0.25, -0.2) is 0 Å². The number of hydrogen-bond acceptors (Lipinski definition) is 4. The molecule has 0 bridgehead atoms. The quantitative estimate of drug-likeness (QED) is 0.926. The molecule has 1 aromatic rings. The van der Waals surface area contributed by atoms with Crippen LogP contribution in [0.25, 0.3) is 0 Å². The van der Waals surface area contributed by atoms with Gasteiger partial charge in [-0.1, -0.05) is 19.9 Å². The number of hydrogen-bond donors (Lipinski definition) is 1. The minimum Gasteiger partial charge on any atom is -0.490 e. The second-order valence-electron chi connectivity index (χ2n) is 5.89. The van der Waals surface area contributed by atoms with Crippen LogP contribution in [0, 0.1) is 5.92 Å². The van der Waals surface area contributed by atoms with Crippen molar-refractivity contribution in [2.45, 2.75) is 38.8 Å². The summed E-state index contributed by atoms with van der Waals surface area (Å²) in [7, 11) is 0. The Hall–Kier alpha value is -1.26. The molecule has 0 aliphatic carbocycles. The number of ether oxygens (including phenoxy) is 3. The van der Waals surface area contributed by atoms with Crippen LogP contribution in [-0.2, 0) is 4.74 Å². The van der Waals surface area contributed by atoms with Gasteiger partial charge < -0.3 is 19.5 Å². The van der Waals surface area contributed by atoms with Gasteiger partial charge in [0.05, 0.1) is 25.4 Å². The number of benzene rings is 1. The molecular formula is C17H25NO3. The molecular weight excluding hydrogens is 266 g/mol. The summed E-state index contributed by atoms with van der Waals surface area (Å²) in [6, 6.07) is 6.49. The third-order valence-corrected chi connectivity index (χ3v) is 4.33. The standard InChI is InChI=1S/C17H25NO3/c1-3-18-16(17-12(2)7-10-21-17)13-5-6-14-15(11-13)20-9-4-8-19-14/h5-6,11-12,16-18H,3-4,7-10H2,1-2H3. The summed E-state index contributed by atoms with van der Waals surface area (Å²) in [5.41, 5.74) is 1.22. The van der Waals surface area contributed by atoms with Gasteiger partial charge in [0.15, 0.2) is 11.5 Å². The fourth-order valence-corrected chi connectivity index (χ4v) is 3.16. The zero-order valence-corrected chi connectivity index (χ0v) is 12.9. The first-order valence-corrected chi connectivity index (χ1v) is 8.04. The minimum absolute atomic E-state index is 0.213. The van der Waals surface area contributed by atoms with Crippen molar-refractivity contribution in [1.29, 1.82) is 0 Å². The molecule has 0 aromatic heterocycles. The highest BCUT2D eigenvalue weighted by Gasteiger charge is 2.33. The molecule has 4 heteroatoms. The molecule has 1 saturated heterocycles. The van der Waals surface area contributed by atoms with E-state index in [4.69, 9.17) is 14.2 Å². The summed E-state index contributed by atoms with van der Waals surface area (Å²) >= 11 is 0. The van der Waals surface area contributed by atoms with Crippen LogP contribution >= 0.6 is 0 Å². The predicted octanol–water partition coefficient (Wildman–Crippen LogP) is 2.92. The highest BCUT2D eigenvalue weighted by Crippen LogP contribution is 2.36. The average Bonchev–Trinajstić information content (AvgIpc) is 2.78. The van der Waals surface area contributed by atoms with E-state index in [0.29, 0.717) is 5.92 Å². The van der Waals surface area contributed by atoms with E-state index in [9.17, 15) is 0 Å². The number of rotatable bonds is 4. The Labute approximate surface area is 126 Å². The number of fused-ring (bicyclic) bond motifs is 1. The molecule has 1 aromatic carbocycles. The smallest absolute Gasteiger partial charge is 0.161 e. The van der Waals surface area contributed by atoms with Crippen molar-refractivity contribution in [3.63, 3.8) is 0 Å². The molecule has 1 N–H and O–H groups in total. The summed E-state index contributed by atoms with van der Waals surface area (Å²) in [4.78, 5) is 0. The predicted molar refractivity (Wildman–Crippen MR) is 82.0 cm³/mol. The zero-order valence-electron chi connectivity index (χ0n) is 12.9. The Bertz CT molecular complexity index is 477. The fourth-order valence-electron chi connectivity index (χ4n) is 3.16. The Morgan fingerprint density at radius 3 is 2.71 bits per heavy atom. The van der Waals surface area contributed by atoms with E-state index in [1.54, 1.807) is 0 Å². The van der Waals surface area contributed by atoms with Crippen molar-refractivity contribution in [2.75, 3.05) is 26.4 Å². The van der Waals surface area contributed by atoms with Gasteiger partial charge in [0, 0.05) is 13.0 Å². The second-order valence-corrected chi connectivity index (χ2v) is 5.89. The molecule has 3 rings (SSSR count). The number of likely N-dealkylation sites (N-methyl/N-ethyl adjacent to an activating group) is 1. The molecule has 0 radical (unpaired) electrons. The van der Waals surface area contributed by atoms with E-state index < -0.39 is 0 Å². The molecule has 4 nitrogen and oxygen atoms in total. The largest absolute Gasteiger partial charge is 0.490 e. The van der Waals surface area contributed by atoms with Crippen LogP contribution < -0.4 is 14.8 Å². The van der Waals surface area contributed by atoms with Gasteiger partial charge in [-0.2, -0.15) is 0 Å². The first kappa shape index (κ1) is 14.7. The Kier molecular flexibility index (Phi) is 4.66. The molecule has 2 aliphatic heterocycles. The SMILES string of the molecule is CCNC(c1ccc2c(c1)OCCCO2)C1OCCC1C. The third kappa shape index (κ3) is 3.16. The summed E-state index contributed by atoms with van der Waals surface area (Å²) in [5, 5.41) is 3.57. The topological polar surface area (TPSA) is 39.7 Å². The maximum Gasteiger partial charge on any atom is 0.161 e. The van der Waals surface area contributed by atoms with E-state index >= 15 is 0 Å². The van der Waals surface area contributed by atoms with Gasteiger partial charge in [0.2, 0.25) is 0 Å². The summed E-state index contributed by atoms with van der Waals surface area (Å²) < 4.78 is 17.5. The van der Waals surface area contributed by atoms with Gasteiger partial charge in [-0.3, -0.25) is 0 Å². The maximum absolute atomic E-state index is 5.97. The van der Waals surface area contributed by atoms with Gasteiger partial charge in [0.1, 0.15) is 0 Å². The first-order valence-electron chi connectivity index (χ1n) is 8.04. The van der Waals surface area contributed by atoms with Crippen LogP contribution in [0.15, 0.2) is 18.2 Å². The van der Waals surface area contributed by atoms with Crippen LogP contribution in [-0.4, -0.2) is 32.5 Å². The van der Waals surface area contributed by atoms with Gasteiger partial charge >= 0.3 is 0 Å². The molecule has 2 aliphatic rings. The Morgan fingerprint density at radius 1 is 1.19 bits per heavy atom. The minimum atomic E-state index is 0.213. The summed E-state index contributed by atoms with van der Waals surface area (Å²) in [5.74, 6) is 2.29. The lowest BCUT2D eigenvalue weighted by Gasteiger charge is -2.27. The molecule has 3 atom stereocenters. The molecule has 0 spiro atoms. The summed E-state index contributed by atoms with van der Waals surface area (Å²) in [6.45, 7) is 7.63. The van der Waals surface area contributed by atoms with Crippen molar-refractivity contribution in [2.24, 2.45) is 5.92 Å². The van der Waals surface area contributed by atoms with Crippen LogP contribution in [0.5, 0.6) is 11.5 Å². The van der Waals surface area contributed by atoms with E-state index in [0.717, 1.165) is 50.7 Å². The molecule has 0 amide bonds. The summed E-state index contributed by atoms with van der Waals surface area (Å²) in [6.07, 6.45) is 2.30. The van der Waals surface area contributed by atoms with Crippen molar-refractivity contribution in [3.05, 3.63) is 23.8 Å². The lowest BCUT2D eigenvalue weighted by atomic mass is 9.92. The fraction of sp³-hybridized carbons (Fsp3) is 0.647. The lowest BCUT2D eigenvalue weighted by molar-refractivity contribution is 0.0611. The normalized spacial score (nSPS) is 26.4. The Morgan fingerprint density at radius 2 is 2.00 bits per heavy atom. The molecule has 21 heavy (non-hydrogen) atoms. The van der Waals surface area contributed by atoms with E-state index in [1.165, 1.54) is 5.56 Å². The molecule has 0 saturated carbocycles. The molecule has 3 unspecified atom stereocenters. The van der Waals surface area contributed by atoms with Crippen LogP contribution in [0.4, 0.5) is 0 Å². The van der Waals surface area contributed by atoms with E-state index in [1.807, 2.05) is 6.07 Å². The third-order valence-electron chi connectivity index (χ3n) is 4.33. The van der Waals surface area contributed by atoms with Crippen LogP contribution in [0.2, 0.25) is 0 Å². The maximum atomic E-state index is 5.97. The van der Waals surface area contributed by atoms with Crippen molar-refractivity contribution >= 4 is 0 Å². The zero-order chi connectivity index (χ0) is 14.7. The monoisotopic (exact) mass is 291 g/mol. The van der Waals surface area contributed by atoms with E-state index in [-0.39, 0.29) is 12.1 Å². The highest BCUT2D eigenvalue weighted by atomic mass is 16.5. The highest BCUT2D eigenvalue weighted by molar-refractivity contribution is 5.44. The van der Waals surface area contributed by atoms with Crippen LogP contribution in [0.1, 0.15) is 38.3 Å². The van der Waals surface area contributed by atoms with Gasteiger partial charge in [-0.15, -0.1) is 0 Å². The lowest BCUT2D eigenvalue weighted by Crippen LogP contribution is -2.34. The molecule has 1 fully saturated rings. The van der Waals surface area contributed by atoms with Crippen molar-refractivity contribution in [1.82, 2.24) is 5.32 Å². The molecule has 2 heterocycles. The van der Waals surface area contributed by atoms with Gasteiger partial charge in [-0.05, 0) is 36.6 Å². The van der Waals surface area contributed by atoms with Crippen LogP contribution in [0.3, 0.4) is 0 Å². The van der Waals surface area contributed by atoms with Crippen molar-refractivity contribution < 1.29 is 14.2 Å². The number of nitrogens with one attached hydrogen (secondary N) is 1. The second kappa shape index (κ2) is 6.67. The molecule has 116 valence electrons. The van der Waals surface area contributed by atoms with Crippen molar-refractivity contribution in [3.8, 4) is 11.5 Å².